The average Bonchev–Trinajstić information content (AvgIpc) is 4.20. The molecule has 2 N–H and O–H groups in total. The Balaban J connectivity index is 1.05. The molecule has 13 nitrogen and oxygen atoms in total. The molecule has 1 unspecified atom stereocenters. The van der Waals surface area contributed by atoms with E-state index in [2.05, 4.69) is 17.0 Å². The van der Waals surface area contributed by atoms with Gasteiger partial charge in [0.15, 0.2) is 0 Å². The van der Waals surface area contributed by atoms with Gasteiger partial charge in [-0.1, -0.05) is 56.3 Å². The number of carbonyl (C=O) groups is 4. The third-order valence-corrected chi connectivity index (χ3v) is 15.8. The summed E-state index contributed by atoms with van der Waals surface area (Å²) in [7, 11) is -2.30. The molecule has 3 aromatic rings. The van der Waals surface area contributed by atoms with Crippen LogP contribution in [0.5, 0.6) is 11.6 Å². The molecular formula is C47H56N4O9S. The molecule has 10 atom stereocenters. The molecule has 9 rings (SSSR count). The molecule has 14 heteroatoms. The molecule has 0 spiro atoms. The van der Waals surface area contributed by atoms with Gasteiger partial charge < -0.3 is 24.4 Å². The Morgan fingerprint density at radius 1 is 0.951 bits per heavy atom. The van der Waals surface area contributed by atoms with Crippen molar-refractivity contribution in [3.05, 3.63) is 66.7 Å². The zero-order chi connectivity index (χ0) is 42.6. The van der Waals surface area contributed by atoms with E-state index in [0.29, 0.717) is 60.2 Å². The highest BCUT2D eigenvalue weighted by Crippen LogP contribution is 2.53. The van der Waals surface area contributed by atoms with E-state index in [1.165, 1.54) is 11.3 Å². The van der Waals surface area contributed by atoms with Gasteiger partial charge in [0.05, 0.1) is 36.9 Å². The van der Waals surface area contributed by atoms with Crippen LogP contribution in [-0.2, 0) is 33.9 Å². The Kier molecular flexibility index (Phi) is 11.1. The molecule has 4 saturated carbocycles. The lowest BCUT2D eigenvalue weighted by Crippen LogP contribution is -2.57. The lowest BCUT2D eigenvalue weighted by molar-refractivity contribution is -0.155. The molecule has 2 aromatic carbocycles. The van der Waals surface area contributed by atoms with Gasteiger partial charge in [0.25, 0.3) is 5.91 Å². The van der Waals surface area contributed by atoms with Gasteiger partial charge in [-0.05, 0) is 111 Å². The predicted octanol–water partition coefficient (Wildman–Crippen LogP) is 6.10. The van der Waals surface area contributed by atoms with Gasteiger partial charge in [0.1, 0.15) is 29.5 Å². The maximum Gasteiger partial charge on any atom is 0.306 e. The quantitative estimate of drug-likeness (QED) is 0.180. The van der Waals surface area contributed by atoms with Crippen molar-refractivity contribution in [1.29, 1.82) is 0 Å². The zero-order valence-electron chi connectivity index (χ0n) is 35.1. The summed E-state index contributed by atoms with van der Waals surface area (Å²) < 4.78 is 46.6. The SMILES string of the molecule is COc1ccc2c(O[C@@H]3C[C@H]4C(=O)N[C@]5(C(=O)NS(=O)(=O)C6CC6)C[C@H]5/C=C\CC[C@H](C)C[C@@H](C)[C@H](CC(=O)OC5C[C@@H]6C[C@@H]6C5)C(=O)N4C3)nc(-c3ccccc3)cc2c1. The first-order valence-corrected chi connectivity index (χ1v) is 23.6. The van der Waals surface area contributed by atoms with Gasteiger partial charge in [0.2, 0.25) is 27.7 Å². The van der Waals surface area contributed by atoms with Crippen molar-refractivity contribution in [2.75, 3.05) is 13.7 Å². The maximum absolute atomic E-state index is 15.1. The molecule has 5 fully saturated rings. The summed E-state index contributed by atoms with van der Waals surface area (Å²) in [5.74, 6) is -1.11. The number of pyridine rings is 1. The van der Waals surface area contributed by atoms with Gasteiger partial charge >= 0.3 is 5.97 Å². The number of aromatic nitrogens is 1. The Labute approximate surface area is 357 Å². The molecule has 6 aliphatic rings. The van der Waals surface area contributed by atoms with Crippen LogP contribution in [0.25, 0.3) is 22.0 Å². The summed E-state index contributed by atoms with van der Waals surface area (Å²) >= 11 is 0. The standard InChI is InChI=1S/C47H56N4O9S/c1-27-9-7-8-12-33-25-47(33,46(55)50-61(56,57)37-14-15-37)49-43(53)41-23-36(26-51(41)45(54)39(28(2)17-27)24-42(52)59-35-19-30-18-31(30)20-35)60-44-38-16-13-34(58-3)21-32(38)22-40(48-44)29-10-5-4-6-11-29/h4-6,8,10-13,16,21-22,27-28,30-31,33,35-37,39,41H,7,9,14-15,17-20,23-26H2,1-3H3,(H,49,53)(H,50,55)/b12-8-/t27-,28+,30-,31+,33+,35?,36+,39-,41-,47+/m0/s1. The number of fused-ring (bicyclic) bond motifs is 4. The number of hydrogen-bond donors (Lipinski definition) is 2. The number of nitrogens with zero attached hydrogens (tertiary/aromatic N) is 2. The summed E-state index contributed by atoms with van der Waals surface area (Å²) in [6.07, 6.45) is 9.29. The smallest absolute Gasteiger partial charge is 0.306 e. The number of carbonyl (C=O) groups excluding carboxylic acids is 4. The number of rotatable bonds is 10. The van der Waals surface area contributed by atoms with Crippen molar-refractivity contribution in [3.8, 4) is 22.9 Å². The number of amides is 3. The van der Waals surface area contributed by atoms with Crippen LogP contribution < -0.4 is 19.5 Å². The van der Waals surface area contributed by atoms with Gasteiger partial charge in [-0.3, -0.25) is 23.9 Å². The molecule has 324 valence electrons. The molecule has 2 aliphatic heterocycles. The maximum atomic E-state index is 15.1. The highest BCUT2D eigenvalue weighted by Gasteiger charge is 2.62. The monoisotopic (exact) mass is 852 g/mol. The van der Waals surface area contributed by atoms with E-state index in [9.17, 15) is 22.8 Å². The molecule has 1 saturated heterocycles. The molecule has 61 heavy (non-hydrogen) atoms. The molecule has 4 aliphatic carbocycles. The second-order valence-electron chi connectivity index (χ2n) is 18.7. The highest BCUT2D eigenvalue weighted by atomic mass is 32.2. The second kappa shape index (κ2) is 16.4. The van der Waals surface area contributed by atoms with Gasteiger partial charge in [0, 0.05) is 23.3 Å². The Bertz CT molecular complexity index is 2340. The van der Waals surface area contributed by atoms with Crippen LogP contribution in [0.1, 0.15) is 84.5 Å². The van der Waals surface area contributed by atoms with Gasteiger partial charge in [-0.15, -0.1) is 0 Å². The number of ether oxygens (including phenoxy) is 3. The number of esters is 1. The first-order valence-electron chi connectivity index (χ1n) is 22.1. The number of sulfonamides is 1. The largest absolute Gasteiger partial charge is 0.497 e. The van der Waals surface area contributed by atoms with Crippen LogP contribution in [0.2, 0.25) is 0 Å². The summed E-state index contributed by atoms with van der Waals surface area (Å²) in [6.45, 7) is 4.15. The highest BCUT2D eigenvalue weighted by molar-refractivity contribution is 7.91. The zero-order valence-corrected chi connectivity index (χ0v) is 35.9. The lowest BCUT2D eigenvalue weighted by atomic mass is 9.82. The number of nitrogens with one attached hydrogen (secondary N) is 2. The van der Waals surface area contributed by atoms with E-state index in [1.54, 1.807) is 7.11 Å². The van der Waals surface area contributed by atoms with Gasteiger partial charge in [-0.25, -0.2) is 13.4 Å². The number of allylic oxidation sites excluding steroid dienone is 1. The summed E-state index contributed by atoms with van der Waals surface area (Å²) in [6, 6.07) is 16.2. The first kappa shape index (κ1) is 41.4. The summed E-state index contributed by atoms with van der Waals surface area (Å²) in [4.78, 5) is 64.0. The van der Waals surface area contributed by atoms with Crippen molar-refractivity contribution >= 4 is 44.5 Å². The summed E-state index contributed by atoms with van der Waals surface area (Å²) in [5, 5.41) is 3.88. The van der Waals surface area contributed by atoms with Crippen LogP contribution in [0.4, 0.5) is 0 Å². The molecule has 3 amide bonds. The Hall–Kier alpha value is -4.98. The third-order valence-electron chi connectivity index (χ3n) is 14.0. The van der Waals surface area contributed by atoms with Crippen molar-refractivity contribution < 1.29 is 41.8 Å². The fourth-order valence-electron chi connectivity index (χ4n) is 10.1. The topological polar surface area (TPSA) is 170 Å². The van der Waals surface area contributed by atoms with E-state index < -0.39 is 62.6 Å². The fraction of sp³-hybridized carbons (Fsp3) is 0.553. The van der Waals surface area contributed by atoms with Crippen LogP contribution in [0.3, 0.4) is 0 Å². The minimum atomic E-state index is -3.91. The average molecular weight is 853 g/mol. The molecular weight excluding hydrogens is 797 g/mol. The van der Waals surface area contributed by atoms with E-state index in [4.69, 9.17) is 19.2 Å². The van der Waals surface area contributed by atoms with Crippen molar-refractivity contribution in [2.24, 2.45) is 35.5 Å². The van der Waals surface area contributed by atoms with Crippen LogP contribution in [0.15, 0.2) is 66.7 Å². The minimum Gasteiger partial charge on any atom is -0.497 e. The number of methoxy groups -OCH3 is 1. The van der Waals surface area contributed by atoms with E-state index in [0.717, 1.165) is 30.2 Å². The van der Waals surface area contributed by atoms with E-state index >= 15 is 4.79 Å². The predicted molar refractivity (Wildman–Crippen MR) is 227 cm³/mol. The molecule has 0 radical (unpaired) electrons. The van der Waals surface area contributed by atoms with E-state index in [1.807, 2.05) is 73.7 Å². The number of hydrogen-bond acceptors (Lipinski definition) is 10. The fourth-order valence-corrected chi connectivity index (χ4v) is 11.5. The molecule has 1 aromatic heterocycles. The number of benzene rings is 2. The second-order valence-corrected chi connectivity index (χ2v) is 20.6. The minimum absolute atomic E-state index is 0.0181. The summed E-state index contributed by atoms with van der Waals surface area (Å²) in [5.41, 5.74) is 0.0357. The van der Waals surface area contributed by atoms with Crippen LogP contribution in [-0.4, -0.2) is 84.7 Å². The Morgan fingerprint density at radius 3 is 2.46 bits per heavy atom. The van der Waals surface area contributed by atoms with Crippen molar-refractivity contribution in [3.63, 3.8) is 0 Å². The Morgan fingerprint density at radius 2 is 1.72 bits per heavy atom. The molecule has 0 bridgehead atoms. The van der Waals surface area contributed by atoms with E-state index in [-0.39, 0.29) is 49.7 Å². The third kappa shape index (κ3) is 8.74. The van der Waals surface area contributed by atoms with Crippen molar-refractivity contribution in [1.82, 2.24) is 19.9 Å². The van der Waals surface area contributed by atoms with Crippen molar-refractivity contribution in [2.45, 2.75) is 114 Å². The van der Waals surface area contributed by atoms with Crippen LogP contribution in [0, 0.1) is 35.5 Å². The lowest BCUT2D eigenvalue weighted by Gasteiger charge is -2.32. The normalized spacial score (nSPS) is 32.9. The molecule has 3 heterocycles. The van der Waals surface area contributed by atoms with Crippen LogP contribution >= 0.6 is 0 Å². The van der Waals surface area contributed by atoms with Gasteiger partial charge in [-0.2, -0.15) is 0 Å². The first-order chi connectivity index (χ1) is 29.3.